The summed E-state index contributed by atoms with van der Waals surface area (Å²) >= 11 is 3.44. The Morgan fingerprint density at radius 1 is 1.05 bits per heavy atom. The lowest BCUT2D eigenvalue weighted by atomic mass is 9.94. The second kappa shape index (κ2) is 6.93. The Kier molecular flexibility index (Phi) is 4.96. The molecule has 1 amide bonds. The van der Waals surface area contributed by atoms with Crippen LogP contribution < -0.4 is 0 Å². The fourth-order valence-corrected chi connectivity index (χ4v) is 3.94. The third-order valence-electron chi connectivity index (χ3n) is 4.76. The molecule has 0 radical (unpaired) electrons. The third kappa shape index (κ3) is 3.67. The van der Waals surface area contributed by atoms with Gasteiger partial charge < -0.3 is 4.90 Å². The standard InChI is InChI=1S/C17H23BrN2O/c18-15-6-4-5-14(13-15)17(21)20-11-9-19(10-12-20)16-7-2-1-3-8-16/h4-6,13,16H,1-3,7-12H2. The van der Waals surface area contributed by atoms with Gasteiger partial charge in [0.15, 0.2) is 0 Å². The van der Waals surface area contributed by atoms with Gasteiger partial charge in [-0.25, -0.2) is 0 Å². The van der Waals surface area contributed by atoms with Crippen LogP contribution in [0, 0.1) is 0 Å². The molecule has 2 fully saturated rings. The number of benzene rings is 1. The van der Waals surface area contributed by atoms with Crippen molar-refractivity contribution in [1.82, 2.24) is 9.80 Å². The summed E-state index contributed by atoms with van der Waals surface area (Å²) in [5.74, 6) is 0.166. The topological polar surface area (TPSA) is 23.6 Å². The molecule has 0 spiro atoms. The summed E-state index contributed by atoms with van der Waals surface area (Å²) in [4.78, 5) is 17.1. The number of halogens is 1. The molecule has 3 nitrogen and oxygen atoms in total. The van der Waals surface area contributed by atoms with E-state index in [1.165, 1.54) is 32.1 Å². The highest BCUT2D eigenvalue weighted by Crippen LogP contribution is 2.24. The van der Waals surface area contributed by atoms with Crippen molar-refractivity contribution in [2.45, 2.75) is 38.1 Å². The van der Waals surface area contributed by atoms with Gasteiger partial charge in [0, 0.05) is 42.3 Å². The SMILES string of the molecule is O=C(c1cccc(Br)c1)N1CCN(C2CCCCC2)CC1. The lowest BCUT2D eigenvalue weighted by molar-refractivity contribution is 0.0523. The number of carbonyl (C=O) groups is 1. The van der Waals surface area contributed by atoms with E-state index in [1.54, 1.807) is 0 Å². The van der Waals surface area contributed by atoms with E-state index >= 15 is 0 Å². The van der Waals surface area contributed by atoms with Crippen LogP contribution in [0.1, 0.15) is 42.5 Å². The van der Waals surface area contributed by atoms with Gasteiger partial charge >= 0.3 is 0 Å². The molecule has 114 valence electrons. The van der Waals surface area contributed by atoms with Crippen LogP contribution in [0.5, 0.6) is 0 Å². The van der Waals surface area contributed by atoms with Gasteiger partial charge in [0.05, 0.1) is 0 Å². The summed E-state index contributed by atoms with van der Waals surface area (Å²) in [7, 11) is 0. The number of carbonyl (C=O) groups excluding carboxylic acids is 1. The summed E-state index contributed by atoms with van der Waals surface area (Å²) in [6.07, 6.45) is 6.85. The zero-order chi connectivity index (χ0) is 14.7. The first-order valence-corrected chi connectivity index (χ1v) is 8.82. The van der Waals surface area contributed by atoms with Gasteiger partial charge in [0.1, 0.15) is 0 Å². The quantitative estimate of drug-likeness (QED) is 0.814. The Balaban J connectivity index is 1.56. The van der Waals surface area contributed by atoms with Crippen LogP contribution in [0.2, 0.25) is 0 Å². The summed E-state index contributed by atoms with van der Waals surface area (Å²) in [6, 6.07) is 8.46. The predicted molar refractivity (Wildman–Crippen MR) is 88.5 cm³/mol. The van der Waals surface area contributed by atoms with Crippen molar-refractivity contribution < 1.29 is 4.79 Å². The second-order valence-electron chi connectivity index (χ2n) is 6.13. The zero-order valence-corrected chi connectivity index (χ0v) is 14.0. The summed E-state index contributed by atoms with van der Waals surface area (Å²) < 4.78 is 0.967. The maximum absolute atomic E-state index is 12.5. The minimum atomic E-state index is 0.166. The molecule has 0 N–H and O–H groups in total. The van der Waals surface area contributed by atoms with E-state index in [0.717, 1.165) is 42.3 Å². The summed E-state index contributed by atoms with van der Waals surface area (Å²) in [5, 5.41) is 0. The molecule has 21 heavy (non-hydrogen) atoms. The molecule has 0 aromatic heterocycles. The van der Waals surface area contributed by atoms with Crippen LogP contribution in [0.3, 0.4) is 0 Å². The van der Waals surface area contributed by atoms with Crippen molar-refractivity contribution in [1.29, 1.82) is 0 Å². The zero-order valence-electron chi connectivity index (χ0n) is 12.4. The maximum Gasteiger partial charge on any atom is 0.253 e. The van der Waals surface area contributed by atoms with Gasteiger partial charge in [0.2, 0.25) is 0 Å². The van der Waals surface area contributed by atoms with Gasteiger partial charge in [-0.05, 0) is 31.0 Å². The van der Waals surface area contributed by atoms with E-state index in [4.69, 9.17) is 0 Å². The Morgan fingerprint density at radius 3 is 2.43 bits per heavy atom. The van der Waals surface area contributed by atoms with Crippen molar-refractivity contribution in [2.24, 2.45) is 0 Å². The largest absolute Gasteiger partial charge is 0.336 e. The van der Waals surface area contributed by atoms with Crippen LogP contribution in [-0.4, -0.2) is 47.9 Å². The van der Waals surface area contributed by atoms with E-state index in [2.05, 4.69) is 20.8 Å². The van der Waals surface area contributed by atoms with Crippen LogP contribution in [0.4, 0.5) is 0 Å². The Hall–Kier alpha value is -0.870. The first-order chi connectivity index (χ1) is 10.2. The fraction of sp³-hybridized carbons (Fsp3) is 0.588. The third-order valence-corrected chi connectivity index (χ3v) is 5.26. The number of piperazine rings is 1. The highest BCUT2D eigenvalue weighted by Gasteiger charge is 2.27. The molecule has 0 atom stereocenters. The van der Waals surface area contributed by atoms with E-state index < -0.39 is 0 Å². The van der Waals surface area contributed by atoms with Gasteiger partial charge in [-0.15, -0.1) is 0 Å². The second-order valence-corrected chi connectivity index (χ2v) is 7.05. The summed E-state index contributed by atoms with van der Waals surface area (Å²) in [5.41, 5.74) is 0.787. The van der Waals surface area contributed by atoms with Crippen LogP contribution >= 0.6 is 15.9 Å². The Labute approximate surface area is 135 Å². The van der Waals surface area contributed by atoms with Crippen LogP contribution in [-0.2, 0) is 0 Å². The smallest absolute Gasteiger partial charge is 0.253 e. The molecule has 1 heterocycles. The molecule has 1 saturated carbocycles. The van der Waals surface area contributed by atoms with Gasteiger partial charge in [-0.1, -0.05) is 41.3 Å². The molecule has 1 aromatic carbocycles. The van der Waals surface area contributed by atoms with Gasteiger partial charge in [0.25, 0.3) is 5.91 Å². The first kappa shape index (κ1) is 15.0. The minimum Gasteiger partial charge on any atom is -0.336 e. The number of hydrogen-bond donors (Lipinski definition) is 0. The molecular formula is C17H23BrN2O. The molecule has 2 aliphatic rings. The van der Waals surface area contributed by atoms with Crippen LogP contribution in [0.25, 0.3) is 0 Å². The van der Waals surface area contributed by atoms with Crippen molar-refractivity contribution in [3.8, 4) is 0 Å². The van der Waals surface area contributed by atoms with Crippen molar-refractivity contribution >= 4 is 21.8 Å². The van der Waals surface area contributed by atoms with Gasteiger partial charge in [-0.3, -0.25) is 9.69 Å². The monoisotopic (exact) mass is 350 g/mol. The van der Waals surface area contributed by atoms with Gasteiger partial charge in [-0.2, -0.15) is 0 Å². The Morgan fingerprint density at radius 2 is 1.76 bits per heavy atom. The average Bonchev–Trinajstić information content (AvgIpc) is 2.55. The number of nitrogens with zero attached hydrogens (tertiary/aromatic N) is 2. The van der Waals surface area contributed by atoms with E-state index in [0.29, 0.717) is 0 Å². The fourth-order valence-electron chi connectivity index (χ4n) is 3.54. The Bertz CT molecular complexity index is 491. The molecule has 3 rings (SSSR count). The first-order valence-electron chi connectivity index (χ1n) is 8.03. The van der Waals surface area contributed by atoms with E-state index in [-0.39, 0.29) is 5.91 Å². The predicted octanol–water partition coefficient (Wildman–Crippen LogP) is 3.54. The van der Waals surface area contributed by atoms with Crippen LogP contribution in [0.15, 0.2) is 28.7 Å². The van der Waals surface area contributed by atoms with Crippen molar-refractivity contribution in [3.63, 3.8) is 0 Å². The molecule has 4 heteroatoms. The minimum absolute atomic E-state index is 0.166. The molecule has 1 saturated heterocycles. The van der Waals surface area contributed by atoms with Crippen molar-refractivity contribution in [3.05, 3.63) is 34.3 Å². The van der Waals surface area contributed by atoms with E-state index in [9.17, 15) is 4.79 Å². The average molecular weight is 351 g/mol. The highest BCUT2D eigenvalue weighted by molar-refractivity contribution is 9.10. The van der Waals surface area contributed by atoms with E-state index in [1.807, 2.05) is 29.2 Å². The number of rotatable bonds is 2. The van der Waals surface area contributed by atoms with Crippen molar-refractivity contribution in [2.75, 3.05) is 26.2 Å². The lowest BCUT2D eigenvalue weighted by Gasteiger charge is -2.40. The molecule has 1 aromatic rings. The molecule has 1 aliphatic heterocycles. The molecule has 0 unspecified atom stereocenters. The molecule has 0 bridgehead atoms. The number of hydrogen-bond acceptors (Lipinski definition) is 2. The molecular weight excluding hydrogens is 328 g/mol. The molecule has 1 aliphatic carbocycles. The highest BCUT2D eigenvalue weighted by atomic mass is 79.9. The normalized spacial score (nSPS) is 21.5. The maximum atomic E-state index is 12.5. The number of amides is 1. The lowest BCUT2D eigenvalue weighted by Crippen LogP contribution is -2.52. The summed E-state index contributed by atoms with van der Waals surface area (Å²) in [6.45, 7) is 3.79.